The maximum Gasteiger partial charge on any atom is 0.250 e. The molecule has 0 aliphatic carbocycles. The molecule has 62 valence electrons. The monoisotopic (exact) mass is 162 g/mol. The van der Waals surface area contributed by atoms with E-state index >= 15 is 0 Å². The fourth-order valence-electron chi connectivity index (χ4n) is 0.839. The lowest BCUT2D eigenvalue weighted by molar-refractivity contribution is 0.1000. The molecule has 0 saturated heterocycles. The molecule has 1 amide bonds. The van der Waals surface area contributed by atoms with E-state index in [1.165, 1.54) is 6.20 Å². The first kappa shape index (κ1) is 8.46. The molecule has 3 heteroatoms. The summed E-state index contributed by atoms with van der Waals surface area (Å²) in [7, 11) is 0. The second-order valence-corrected chi connectivity index (χ2v) is 2.40. The zero-order valence-electron chi connectivity index (χ0n) is 6.66. The number of aromatic nitrogens is 1. The Morgan fingerprint density at radius 2 is 2.42 bits per heavy atom. The Balaban J connectivity index is 2.85. The Kier molecular flexibility index (Phi) is 2.58. The molecule has 2 N–H and O–H groups in total. The molecule has 0 fully saturated rings. The van der Waals surface area contributed by atoms with Crippen molar-refractivity contribution in [3.63, 3.8) is 0 Å². The Hall–Kier alpha value is -1.64. The van der Waals surface area contributed by atoms with Gasteiger partial charge < -0.3 is 5.73 Å². The summed E-state index contributed by atoms with van der Waals surface area (Å²) in [6.07, 6.45) is 3.94. The van der Waals surface area contributed by atoms with Crippen molar-refractivity contribution in [1.29, 1.82) is 0 Å². The van der Waals surface area contributed by atoms with Crippen LogP contribution in [0, 0.1) is 0 Å². The number of carbonyl (C=O) groups excluding carboxylic acids is 1. The quantitative estimate of drug-likeness (QED) is 0.671. The van der Waals surface area contributed by atoms with Crippen LogP contribution in [-0.4, -0.2) is 10.9 Å². The van der Waals surface area contributed by atoms with Crippen molar-refractivity contribution < 1.29 is 4.79 Å². The van der Waals surface area contributed by atoms with Crippen LogP contribution in [0.15, 0.2) is 31.0 Å². The normalized spacial score (nSPS) is 9.33. The fraction of sp³-hybridized carbons (Fsp3) is 0.111. The van der Waals surface area contributed by atoms with E-state index in [0.717, 1.165) is 5.69 Å². The van der Waals surface area contributed by atoms with E-state index in [9.17, 15) is 4.79 Å². The number of hydrogen-bond donors (Lipinski definition) is 1. The lowest BCUT2D eigenvalue weighted by Gasteiger charge is -1.96. The highest BCUT2D eigenvalue weighted by Crippen LogP contribution is 2.00. The molecular formula is C9H10N2O. The first-order chi connectivity index (χ1) is 5.74. The van der Waals surface area contributed by atoms with Crippen LogP contribution in [0.5, 0.6) is 0 Å². The number of pyridine rings is 1. The molecule has 1 aromatic rings. The minimum atomic E-state index is -0.451. The minimum Gasteiger partial charge on any atom is -0.366 e. The molecule has 0 unspecified atom stereocenters. The summed E-state index contributed by atoms with van der Waals surface area (Å²) in [5, 5.41) is 0. The van der Waals surface area contributed by atoms with Crippen molar-refractivity contribution >= 4 is 5.91 Å². The maximum absolute atomic E-state index is 10.6. The molecule has 0 aliphatic rings. The van der Waals surface area contributed by atoms with Crippen LogP contribution in [-0.2, 0) is 6.42 Å². The molecule has 0 bridgehead atoms. The topological polar surface area (TPSA) is 56.0 Å². The number of hydrogen-bond acceptors (Lipinski definition) is 2. The number of carbonyl (C=O) groups is 1. The maximum atomic E-state index is 10.6. The van der Waals surface area contributed by atoms with E-state index in [-0.39, 0.29) is 0 Å². The fourth-order valence-corrected chi connectivity index (χ4v) is 0.839. The smallest absolute Gasteiger partial charge is 0.250 e. The number of primary amides is 1. The van der Waals surface area contributed by atoms with Gasteiger partial charge in [0.2, 0.25) is 5.91 Å². The van der Waals surface area contributed by atoms with Crippen molar-refractivity contribution in [1.82, 2.24) is 4.98 Å². The number of nitrogens with two attached hydrogens (primary N) is 1. The van der Waals surface area contributed by atoms with Crippen molar-refractivity contribution in [3.05, 3.63) is 42.2 Å². The molecule has 0 radical (unpaired) electrons. The number of allylic oxidation sites excluding steroid dienone is 1. The molecule has 12 heavy (non-hydrogen) atoms. The van der Waals surface area contributed by atoms with Crippen LogP contribution in [0.4, 0.5) is 0 Å². The van der Waals surface area contributed by atoms with Crippen LogP contribution in [0.1, 0.15) is 16.1 Å². The molecule has 0 saturated carbocycles. The minimum absolute atomic E-state index is 0.433. The second-order valence-electron chi connectivity index (χ2n) is 2.40. The third kappa shape index (κ3) is 1.92. The summed E-state index contributed by atoms with van der Waals surface area (Å²) < 4.78 is 0. The number of rotatable bonds is 3. The molecule has 1 aromatic heterocycles. The first-order valence-corrected chi connectivity index (χ1v) is 3.59. The number of amides is 1. The van der Waals surface area contributed by atoms with E-state index in [1.54, 1.807) is 18.2 Å². The zero-order chi connectivity index (χ0) is 8.97. The average molecular weight is 162 g/mol. The third-order valence-electron chi connectivity index (χ3n) is 1.46. The molecule has 0 aliphatic heterocycles. The van der Waals surface area contributed by atoms with E-state index in [2.05, 4.69) is 11.6 Å². The van der Waals surface area contributed by atoms with Crippen LogP contribution in [0.25, 0.3) is 0 Å². The summed E-state index contributed by atoms with van der Waals surface area (Å²) >= 11 is 0. The summed E-state index contributed by atoms with van der Waals surface area (Å²) in [6, 6.07) is 3.43. The standard InChI is InChI=1S/C9H10N2O/c1-2-3-8-5-4-7(6-11-8)9(10)12/h2,4-6H,1,3H2,(H2,10,12). The Morgan fingerprint density at radius 1 is 1.67 bits per heavy atom. The van der Waals surface area contributed by atoms with Gasteiger partial charge in [0.05, 0.1) is 5.56 Å². The predicted octanol–water partition coefficient (Wildman–Crippen LogP) is 0.909. The van der Waals surface area contributed by atoms with Crippen LogP contribution in [0.3, 0.4) is 0 Å². The van der Waals surface area contributed by atoms with Gasteiger partial charge in [0, 0.05) is 18.3 Å². The van der Waals surface area contributed by atoms with E-state index < -0.39 is 5.91 Å². The van der Waals surface area contributed by atoms with Crippen molar-refractivity contribution in [3.8, 4) is 0 Å². The Morgan fingerprint density at radius 3 is 2.83 bits per heavy atom. The molecule has 1 rings (SSSR count). The van der Waals surface area contributed by atoms with E-state index in [0.29, 0.717) is 12.0 Å². The summed E-state index contributed by atoms with van der Waals surface area (Å²) in [5.41, 5.74) is 6.36. The van der Waals surface area contributed by atoms with Gasteiger partial charge in [0.1, 0.15) is 0 Å². The summed E-state index contributed by atoms with van der Waals surface area (Å²) in [6.45, 7) is 3.58. The van der Waals surface area contributed by atoms with Crippen LogP contribution >= 0.6 is 0 Å². The van der Waals surface area contributed by atoms with Gasteiger partial charge in [-0.1, -0.05) is 6.08 Å². The third-order valence-corrected chi connectivity index (χ3v) is 1.46. The highest BCUT2D eigenvalue weighted by Gasteiger charge is 1.98. The summed E-state index contributed by atoms with van der Waals surface area (Å²) in [4.78, 5) is 14.6. The zero-order valence-corrected chi connectivity index (χ0v) is 6.66. The van der Waals surface area contributed by atoms with Gasteiger partial charge >= 0.3 is 0 Å². The Labute approximate surface area is 70.9 Å². The lowest BCUT2D eigenvalue weighted by atomic mass is 10.2. The first-order valence-electron chi connectivity index (χ1n) is 3.59. The molecular weight excluding hydrogens is 152 g/mol. The molecule has 0 spiro atoms. The molecule has 1 heterocycles. The van der Waals surface area contributed by atoms with Crippen molar-refractivity contribution in [2.75, 3.05) is 0 Å². The Bertz CT molecular complexity index is 290. The predicted molar refractivity (Wildman–Crippen MR) is 46.7 cm³/mol. The lowest BCUT2D eigenvalue weighted by Crippen LogP contribution is -2.11. The number of nitrogens with zero attached hydrogens (tertiary/aromatic N) is 1. The van der Waals surface area contributed by atoms with Gasteiger partial charge in [0.15, 0.2) is 0 Å². The second kappa shape index (κ2) is 3.67. The van der Waals surface area contributed by atoms with Crippen molar-refractivity contribution in [2.45, 2.75) is 6.42 Å². The highest BCUT2D eigenvalue weighted by molar-refractivity contribution is 5.92. The van der Waals surface area contributed by atoms with Gasteiger partial charge in [0.25, 0.3) is 0 Å². The molecule has 3 nitrogen and oxygen atoms in total. The SMILES string of the molecule is C=CCc1ccc(C(N)=O)cn1. The van der Waals surface area contributed by atoms with Crippen LogP contribution < -0.4 is 5.73 Å². The van der Waals surface area contributed by atoms with E-state index in [4.69, 9.17) is 5.73 Å². The molecule has 0 atom stereocenters. The van der Waals surface area contributed by atoms with Gasteiger partial charge in [-0.2, -0.15) is 0 Å². The van der Waals surface area contributed by atoms with Crippen LogP contribution in [0.2, 0.25) is 0 Å². The van der Waals surface area contributed by atoms with Gasteiger partial charge in [-0.05, 0) is 12.1 Å². The van der Waals surface area contributed by atoms with Gasteiger partial charge in [-0.15, -0.1) is 6.58 Å². The molecule has 0 aromatic carbocycles. The van der Waals surface area contributed by atoms with Crippen molar-refractivity contribution in [2.24, 2.45) is 5.73 Å². The van der Waals surface area contributed by atoms with E-state index in [1.807, 2.05) is 0 Å². The summed E-state index contributed by atoms with van der Waals surface area (Å²) in [5.74, 6) is -0.451. The highest BCUT2D eigenvalue weighted by atomic mass is 16.1. The average Bonchev–Trinajstić information content (AvgIpc) is 2.06. The van der Waals surface area contributed by atoms with Gasteiger partial charge in [-0.25, -0.2) is 0 Å². The largest absolute Gasteiger partial charge is 0.366 e. The van der Waals surface area contributed by atoms with Gasteiger partial charge in [-0.3, -0.25) is 9.78 Å².